The summed E-state index contributed by atoms with van der Waals surface area (Å²) in [6.45, 7) is 5.69. The van der Waals surface area contributed by atoms with Crippen LogP contribution in [0.4, 0.5) is 5.69 Å². The molecule has 0 saturated carbocycles. The van der Waals surface area contributed by atoms with Gasteiger partial charge in [0.25, 0.3) is 0 Å². The third kappa shape index (κ3) is 4.72. The van der Waals surface area contributed by atoms with Crippen LogP contribution in [-0.2, 0) is 11.3 Å². The van der Waals surface area contributed by atoms with Crippen molar-refractivity contribution in [3.63, 3.8) is 0 Å². The number of carbonyl (C=O) groups is 1. The highest BCUT2D eigenvalue weighted by Gasteiger charge is 2.13. The van der Waals surface area contributed by atoms with Crippen molar-refractivity contribution in [2.75, 3.05) is 31.3 Å². The second-order valence-corrected chi connectivity index (χ2v) is 6.06. The summed E-state index contributed by atoms with van der Waals surface area (Å²) in [5.74, 6) is 0.502. The molecule has 0 aliphatic carbocycles. The molecule has 0 aliphatic heterocycles. The van der Waals surface area contributed by atoms with E-state index in [1.54, 1.807) is 11.8 Å². The molecule has 0 bridgehead atoms. The number of rotatable bonds is 7. The molecular formula is C15H25N3OS. The van der Waals surface area contributed by atoms with E-state index in [1.807, 2.05) is 30.3 Å². The van der Waals surface area contributed by atoms with Crippen LogP contribution in [0.3, 0.4) is 0 Å². The van der Waals surface area contributed by atoms with Gasteiger partial charge in [0.1, 0.15) is 0 Å². The zero-order valence-corrected chi connectivity index (χ0v) is 13.6. The highest BCUT2D eigenvalue weighted by atomic mass is 32.2. The zero-order chi connectivity index (χ0) is 15.1. The first-order valence-electron chi connectivity index (χ1n) is 6.83. The molecule has 5 heteroatoms. The minimum absolute atomic E-state index is 0.0405. The zero-order valence-electron chi connectivity index (χ0n) is 12.8. The van der Waals surface area contributed by atoms with Crippen molar-refractivity contribution in [2.45, 2.75) is 25.3 Å². The molecule has 0 atom stereocenters. The quantitative estimate of drug-likeness (QED) is 0.756. The standard InChI is InChI=1S/C15H25N3OS/c1-11(2)9-17-15(19)10-18(3)13-6-5-7-14(20-4)12(13)8-16/h5-7,11H,8-10,16H2,1-4H3,(H,17,19). The first kappa shape index (κ1) is 16.9. The predicted molar refractivity (Wildman–Crippen MR) is 87.2 cm³/mol. The number of nitrogens with zero attached hydrogens (tertiary/aromatic N) is 1. The number of amides is 1. The number of nitrogens with two attached hydrogens (primary N) is 1. The Labute approximate surface area is 126 Å². The maximum Gasteiger partial charge on any atom is 0.239 e. The third-order valence-electron chi connectivity index (χ3n) is 3.03. The molecule has 0 unspecified atom stereocenters. The third-order valence-corrected chi connectivity index (χ3v) is 3.85. The van der Waals surface area contributed by atoms with Crippen LogP contribution in [0.1, 0.15) is 19.4 Å². The van der Waals surface area contributed by atoms with Gasteiger partial charge in [-0.15, -0.1) is 11.8 Å². The van der Waals surface area contributed by atoms with Gasteiger partial charge in [0.2, 0.25) is 5.91 Å². The van der Waals surface area contributed by atoms with Gasteiger partial charge in [0.05, 0.1) is 6.54 Å². The Kier molecular flexibility index (Phi) is 6.88. The highest BCUT2D eigenvalue weighted by Crippen LogP contribution is 2.28. The molecule has 3 N–H and O–H groups in total. The summed E-state index contributed by atoms with van der Waals surface area (Å²) in [5.41, 5.74) is 7.98. The van der Waals surface area contributed by atoms with Gasteiger partial charge < -0.3 is 16.0 Å². The number of likely N-dealkylation sites (N-methyl/N-ethyl adjacent to an activating group) is 1. The number of hydrogen-bond donors (Lipinski definition) is 2. The molecule has 1 amide bonds. The molecule has 0 heterocycles. The van der Waals surface area contributed by atoms with Gasteiger partial charge in [-0.25, -0.2) is 0 Å². The fraction of sp³-hybridized carbons (Fsp3) is 0.533. The second kappa shape index (κ2) is 8.17. The molecule has 1 rings (SSSR count). The molecule has 4 nitrogen and oxygen atoms in total. The maximum atomic E-state index is 11.9. The van der Waals surface area contributed by atoms with E-state index in [0.717, 1.165) is 11.3 Å². The van der Waals surface area contributed by atoms with Crippen LogP contribution in [0.5, 0.6) is 0 Å². The van der Waals surface area contributed by atoms with Crippen molar-refractivity contribution in [2.24, 2.45) is 11.7 Å². The van der Waals surface area contributed by atoms with E-state index in [4.69, 9.17) is 5.73 Å². The lowest BCUT2D eigenvalue weighted by Crippen LogP contribution is -2.37. The Bertz CT molecular complexity index is 449. The summed E-state index contributed by atoms with van der Waals surface area (Å²) >= 11 is 1.68. The SMILES string of the molecule is CSc1cccc(N(C)CC(=O)NCC(C)C)c1CN. The van der Waals surface area contributed by atoms with Gasteiger partial charge in [0.15, 0.2) is 0 Å². The van der Waals surface area contributed by atoms with E-state index in [2.05, 4.69) is 25.2 Å². The normalized spacial score (nSPS) is 10.7. The largest absolute Gasteiger partial charge is 0.365 e. The molecule has 1 aromatic rings. The first-order chi connectivity index (χ1) is 9.49. The van der Waals surface area contributed by atoms with E-state index >= 15 is 0 Å². The van der Waals surface area contributed by atoms with Crippen molar-refractivity contribution in [3.05, 3.63) is 23.8 Å². The van der Waals surface area contributed by atoms with Gasteiger partial charge in [-0.1, -0.05) is 19.9 Å². The van der Waals surface area contributed by atoms with Crippen LogP contribution in [0.25, 0.3) is 0 Å². The number of thioether (sulfide) groups is 1. The Hall–Kier alpha value is -1.20. The molecule has 0 aromatic heterocycles. The maximum absolute atomic E-state index is 11.9. The molecule has 112 valence electrons. The summed E-state index contributed by atoms with van der Waals surface area (Å²) in [7, 11) is 1.92. The smallest absolute Gasteiger partial charge is 0.239 e. The Balaban J connectivity index is 2.77. The van der Waals surface area contributed by atoms with Crippen molar-refractivity contribution < 1.29 is 4.79 Å². The van der Waals surface area contributed by atoms with Crippen LogP contribution in [0.15, 0.2) is 23.1 Å². The van der Waals surface area contributed by atoms with E-state index in [-0.39, 0.29) is 5.91 Å². The number of hydrogen-bond acceptors (Lipinski definition) is 4. The summed E-state index contributed by atoms with van der Waals surface area (Å²) < 4.78 is 0. The lowest BCUT2D eigenvalue weighted by Gasteiger charge is -2.23. The summed E-state index contributed by atoms with van der Waals surface area (Å²) in [5, 5.41) is 2.93. The van der Waals surface area contributed by atoms with Gasteiger partial charge in [-0.2, -0.15) is 0 Å². The molecule has 0 spiro atoms. The van der Waals surface area contributed by atoms with Gasteiger partial charge in [0, 0.05) is 36.3 Å². The van der Waals surface area contributed by atoms with E-state index in [9.17, 15) is 4.79 Å². The molecule has 0 radical (unpaired) electrons. The minimum Gasteiger partial charge on any atom is -0.365 e. The molecule has 20 heavy (non-hydrogen) atoms. The summed E-state index contributed by atoms with van der Waals surface area (Å²) in [6, 6.07) is 6.07. The fourth-order valence-electron chi connectivity index (χ4n) is 1.98. The Morgan fingerprint density at radius 2 is 2.15 bits per heavy atom. The topological polar surface area (TPSA) is 58.4 Å². The van der Waals surface area contributed by atoms with Crippen LogP contribution in [0.2, 0.25) is 0 Å². The first-order valence-corrected chi connectivity index (χ1v) is 8.05. The number of anilines is 1. The molecule has 0 aliphatic rings. The van der Waals surface area contributed by atoms with E-state index in [1.165, 1.54) is 4.90 Å². The van der Waals surface area contributed by atoms with Crippen molar-refractivity contribution in [1.82, 2.24) is 5.32 Å². The van der Waals surface area contributed by atoms with E-state index in [0.29, 0.717) is 25.6 Å². The average Bonchev–Trinajstić information content (AvgIpc) is 2.43. The van der Waals surface area contributed by atoms with E-state index < -0.39 is 0 Å². The summed E-state index contributed by atoms with van der Waals surface area (Å²) in [4.78, 5) is 15.0. The monoisotopic (exact) mass is 295 g/mol. The van der Waals surface area contributed by atoms with Crippen LogP contribution < -0.4 is 16.0 Å². The summed E-state index contributed by atoms with van der Waals surface area (Å²) in [6.07, 6.45) is 2.04. The van der Waals surface area contributed by atoms with Crippen molar-refractivity contribution in [3.8, 4) is 0 Å². The Morgan fingerprint density at radius 1 is 1.45 bits per heavy atom. The molecule has 0 saturated heterocycles. The molecular weight excluding hydrogens is 270 g/mol. The lowest BCUT2D eigenvalue weighted by molar-refractivity contribution is -0.119. The average molecular weight is 295 g/mol. The number of carbonyl (C=O) groups excluding carboxylic acids is 1. The number of benzene rings is 1. The second-order valence-electron chi connectivity index (χ2n) is 5.22. The van der Waals surface area contributed by atoms with Gasteiger partial charge in [-0.3, -0.25) is 4.79 Å². The van der Waals surface area contributed by atoms with Crippen LogP contribution in [0, 0.1) is 5.92 Å². The van der Waals surface area contributed by atoms with Crippen LogP contribution >= 0.6 is 11.8 Å². The highest BCUT2D eigenvalue weighted by molar-refractivity contribution is 7.98. The van der Waals surface area contributed by atoms with Gasteiger partial charge >= 0.3 is 0 Å². The number of nitrogens with one attached hydrogen (secondary N) is 1. The Morgan fingerprint density at radius 3 is 2.70 bits per heavy atom. The predicted octanol–water partition coefficient (Wildman–Crippen LogP) is 2.08. The minimum atomic E-state index is 0.0405. The lowest BCUT2D eigenvalue weighted by atomic mass is 10.1. The van der Waals surface area contributed by atoms with Gasteiger partial charge in [-0.05, 0) is 24.3 Å². The van der Waals surface area contributed by atoms with Crippen molar-refractivity contribution in [1.29, 1.82) is 0 Å². The molecule has 0 fully saturated rings. The molecule has 1 aromatic carbocycles. The van der Waals surface area contributed by atoms with Crippen molar-refractivity contribution >= 4 is 23.4 Å². The fourth-order valence-corrected chi connectivity index (χ4v) is 2.63. The van der Waals surface area contributed by atoms with Crippen LogP contribution in [-0.4, -0.2) is 32.3 Å².